The van der Waals surface area contributed by atoms with Crippen LogP contribution in [0.15, 0.2) is 24.3 Å². The van der Waals surface area contributed by atoms with E-state index >= 15 is 0 Å². The largest absolute Gasteiger partial charge is 0.493 e. The molecule has 0 radical (unpaired) electrons. The summed E-state index contributed by atoms with van der Waals surface area (Å²) in [4.78, 5) is 25.7. The Bertz CT molecular complexity index is 515. The fraction of sp³-hybridized carbons (Fsp3) is 0.500. The van der Waals surface area contributed by atoms with Crippen molar-refractivity contribution in [1.29, 1.82) is 0 Å². The third-order valence-corrected chi connectivity index (χ3v) is 3.76. The summed E-state index contributed by atoms with van der Waals surface area (Å²) in [7, 11) is 1.36. The number of amides is 1. The maximum atomic E-state index is 12.7. The number of carbonyl (C=O) groups excluding carboxylic acids is 2. The fourth-order valence-corrected chi connectivity index (χ4v) is 2.57. The summed E-state index contributed by atoms with van der Waals surface area (Å²) in [5.74, 6) is 0.351. The Hall–Kier alpha value is -2.04. The van der Waals surface area contributed by atoms with E-state index in [0.29, 0.717) is 26.1 Å². The van der Waals surface area contributed by atoms with Crippen molar-refractivity contribution in [3.05, 3.63) is 29.8 Å². The van der Waals surface area contributed by atoms with Crippen molar-refractivity contribution in [2.24, 2.45) is 0 Å². The Labute approximate surface area is 124 Å². The number of likely N-dealkylation sites (N-methyl/N-ethyl adjacent to an activating group) is 1. The molecular formula is C16H21NO4. The number of ether oxygens (including phenoxy) is 2. The van der Waals surface area contributed by atoms with E-state index in [1.165, 1.54) is 7.11 Å². The first kappa shape index (κ1) is 15.4. The number of carbonyl (C=O) groups is 2. The van der Waals surface area contributed by atoms with E-state index in [2.05, 4.69) is 4.74 Å². The zero-order chi connectivity index (χ0) is 15.2. The summed E-state index contributed by atoms with van der Waals surface area (Å²) < 4.78 is 10.2. The van der Waals surface area contributed by atoms with Gasteiger partial charge in [0.15, 0.2) is 0 Å². The lowest BCUT2D eigenvalue weighted by Crippen LogP contribution is -2.38. The zero-order valence-corrected chi connectivity index (χ0v) is 12.5. The van der Waals surface area contributed by atoms with Gasteiger partial charge in [-0.05, 0) is 19.4 Å². The minimum atomic E-state index is -0.298. The van der Waals surface area contributed by atoms with Gasteiger partial charge in [0, 0.05) is 18.7 Å². The van der Waals surface area contributed by atoms with Gasteiger partial charge in [0.25, 0.3) is 0 Å². The Balaban J connectivity index is 2.10. The van der Waals surface area contributed by atoms with Crippen LogP contribution in [0, 0.1) is 0 Å². The second-order valence-electron chi connectivity index (χ2n) is 4.97. The predicted octanol–water partition coefficient (Wildman–Crippen LogP) is 1.96. The number of hydrogen-bond acceptors (Lipinski definition) is 4. The molecule has 0 fully saturated rings. The molecule has 0 bridgehead atoms. The second kappa shape index (κ2) is 7.11. The zero-order valence-electron chi connectivity index (χ0n) is 12.5. The molecule has 0 N–H and O–H groups in total. The first-order valence-corrected chi connectivity index (χ1v) is 7.24. The highest BCUT2D eigenvalue weighted by atomic mass is 16.5. The van der Waals surface area contributed by atoms with E-state index in [1.807, 2.05) is 31.2 Å². The van der Waals surface area contributed by atoms with E-state index in [1.54, 1.807) is 4.90 Å². The van der Waals surface area contributed by atoms with Gasteiger partial charge in [-0.15, -0.1) is 0 Å². The molecular weight excluding hydrogens is 270 g/mol. The van der Waals surface area contributed by atoms with Crippen LogP contribution < -0.4 is 4.74 Å². The molecule has 0 saturated carbocycles. The minimum Gasteiger partial charge on any atom is -0.493 e. The normalized spacial score (nSPS) is 16.6. The van der Waals surface area contributed by atoms with Crippen LogP contribution >= 0.6 is 0 Å². The molecule has 1 amide bonds. The summed E-state index contributed by atoms with van der Waals surface area (Å²) in [5.41, 5.74) is 0.935. The third kappa shape index (κ3) is 3.54. The van der Waals surface area contributed by atoms with E-state index in [4.69, 9.17) is 4.74 Å². The van der Waals surface area contributed by atoms with Gasteiger partial charge in [0.05, 0.1) is 26.1 Å². The number of benzene rings is 1. The van der Waals surface area contributed by atoms with Gasteiger partial charge in [-0.25, -0.2) is 0 Å². The summed E-state index contributed by atoms with van der Waals surface area (Å²) in [6.45, 7) is 3.43. The highest BCUT2D eigenvalue weighted by Crippen LogP contribution is 2.34. The van der Waals surface area contributed by atoms with Crippen LogP contribution in [0.3, 0.4) is 0 Å². The average molecular weight is 291 g/mol. The number of esters is 1. The topological polar surface area (TPSA) is 55.8 Å². The number of methoxy groups -OCH3 is 1. The summed E-state index contributed by atoms with van der Waals surface area (Å²) in [6, 6.07) is 7.64. The van der Waals surface area contributed by atoms with Crippen molar-refractivity contribution < 1.29 is 19.1 Å². The van der Waals surface area contributed by atoms with E-state index in [9.17, 15) is 9.59 Å². The number of rotatable bonds is 5. The average Bonchev–Trinajstić information content (AvgIpc) is 2.54. The molecule has 2 rings (SSSR count). The van der Waals surface area contributed by atoms with Crippen molar-refractivity contribution >= 4 is 11.9 Å². The quantitative estimate of drug-likeness (QED) is 0.778. The molecule has 5 heteroatoms. The lowest BCUT2D eigenvalue weighted by molar-refractivity contribution is -0.142. The summed E-state index contributed by atoms with van der Waals surface area (Å²) in [6.07, 6.45) is 0.894. The van der Waals surface area contributed by atoms with Crippen molar-refractivity contribution in [2.45, 2.75) is 25.7 Å². The van der Waals surface area contributed by atoms with Crippen LogP contribution in [0.2, 0.25) is 0 Å². The first-order chi connectivity index (χ1) is 10.2. The molecule has 0 aliphatic carbocycles. The highest BCUT2D eigenvalue weighted by Gasteiger charge is 2.30. The van der Waals surface area contributed by atoms with Gasteiger partial charge in [-0.2, -0.15) is 0 Å². The molecule has 0 saturated heterocycles. The van der Waals surface area contributed by atoms with Gasteiger partial charge in [-0.3, -0.25) is 9.59 Å². The van der Waals surface area contributed by atoms with Crippen LogP contribution in [-0.2, 0) is 14.3 Å². The van der Waals surface area contributed by atoms with Gasteiger partial charge in [0.1, 0.15) is 5.75 Å². The van der Waals surface area contributed by atoms with Crippen LogP contribution in [0.25, 0.3) is 0 Å². The molecule has 1 unspecified atom stereocenters. The van der Waals surface area contributed by atoms with Crippen molar-refractivity contribution in [3.8, 4) is 5.75 Å². The third-order valence-electron chi connectivity index (χ3n) is 3.76. The lowest BCUT2D eigenvalue weighted by Gasteiger charge is -2.30. The number of nitrogens with zero attached hydrogens (tertiary/aromatic N) is 1. The van der Waals surface area contributed by atoms with Gasteiger partial charge in [-0.1, -0.05) is 18.2 Å². The Morgan fingerprint density at radius 2 is 2.14 bits per heavy atom. The standard InChI is InChI=1S/C16H21NO4/c1-3-17(10-8-15(18)20-2)16(19)13-9-11-21-14-7-5-4-6-12(13)14/h4-7,13H,3,8-11H2,1-2H3. The van der Waals surface area contributed by atoms with Gasteiger partial charge in [0.2, 0.25) is 5.91 Å². The van der Waals surface area contributed by atoms with E-state index < -0.39 is 0 Å². The molecule has 5 nitrogen and oxygen atoms in total. The van der Waals surface area contributed by atoms with Gasteiger partial charge >= 0.3 is 5.97 Å². The summed E-state index contributed by atoms with van der Waals surface area (Å²) in [5, 5.41) is 0. The predicted molar refractivity (Wildman–Crippen MR) is 78.2 cm³/mol. The maximum Gasteiger partial charge on any atom is 0.307 e. The van der Waals surface area contributed by atoms with Crippen molar-refractivity contribution in [3.63, 3.8) is 0 Å². The SMILES string of the molecule is CCN(CCC(=O)OC)C(=O)C1CCOc2ccccc21. The van der Waals surface area contributed by atoms with Crippen molar-refractivity contribution in [1.82, 2.24) is 4.90 Å². The monoisotopic (exact) mass is 291 g/mol. The van der Waals surface area contributed by atoms with Crippen LogP contribution in [-0.4, -0.2) is 43.6 Å². The van der Waals surface area contributed by atoms with E-state index in [0.717, 1.165) is 11.3 Å². The minimum absolute atomic E-state index is 0.0529. The number of hydrogen-bond donors (Lipinski definition) is 0. The molecule has 1 aromatic carbocycles. The molecule has 1 aliphatic heterocycles. The molecule has 1 aromatic rings. The smallest absolute Gasteiger partial charge is 0.307 e. The molecule has 21 heavy (non-hydrogen) atoms. The summed E-state index contributed by atoms with van der Waals surface area (Å²) >= 11 is 0. The molecule has 1 heterocycles. The number of para-hydroxylation sites is 1. The van der Waals surface area contributed by atoms with Crippen LogP contribution in [0.5, 0.6) is 5.75 Å². The van der Waals surface area contributed by atoms with Crippen LogP contribution in [0.4, 0.5) is 0 Å². The Morgan fingerprint density at radius 3 is 2.86 bits per heavy atom. The van der Waals surface area contributed by atoms with Gasteiger partial charge < -0.3 is 14.4 Å². The fourth-order valence-electron chi connectivity index (χ4n) is 2.57. The van der Waals surface area contributed by atoms with E-state index in [-0.39, 0.29) is 24.2 Å². The number of fused-ring (bicyclic) bond motifs is 1. The highest BCUT2D eigenvalue weighted by molar-refractivity contribution is 5.85. The molecule has 1 atom stereocenters. The first-order valence-electron chi connectivity index (χ1n) is 7.24. The van der Waals surface area contributed by atoms with Crippen molar-refractivity contribution in [2.75, 3.05) is 26.8 Å². The Kier molecular flexibility index (Phi) is 5.20. The lowest BCUT2D eigenvalue weighted by atomic mass is 9.91. The maximum absolute atomic E-state index is 12.7. The Morgan fingerprint density at radius 1 is 1.38 bits per heavy atom. The second-order valence-corrected chi connectivity index (χ2v) is 4.97. The molecule has 114 valence electrons. The molecule has 0 aromatic heterocycles. The molecule has 1 aliphatic rings. The van der Waals surface area contributed by atoms with Crippen LogP contribution in [0.1, 0.15) is 31.2 Å². The molecule has 0 spiro atoms.